The zero-order valence-electron chi connectivity index (χ0n) is 13.9. The van der Waals surface area contributed by atoms with Crippen molar-refractivity contribution in [3.05, 3.63) is 71.8 Å². The molecule has 0 radical (unpaired) electrons. The molecule has 8 heteroatoms. The van der Waals surface area contributed by atoms with Crippen LogP contribution in [-0.2, 0) is 30.5 Å². The first-order chi connectivity index (χ1) is 13.2. The van der Waals surface area contributed by atoms with Crippen LogP contribution in [0.2, 0.25) is 0 Å². The molecule has 27 heavy (non-hydrogen) atoms. The standard InChI is InChI=1S/C19H12N4O4/c24-12-20-18(21-13-25,16-7-3-1-4-8-16)11-19(22-14-26,23-15-27)17-9-5-2-6-10-17/h1-10H,11H2. The normalized spacial score (nSPS) is 13.9. The van der Waals surface area contributed by atoms with E-state index in [1.807, 2.05) is 0 Å². The maximum Gasteiger partial charge on any atom is 0.237 e. The number of nitrogens with zero attached hydrogens (tertiary/aromatic N) is 4. The van der Waals surface area contributed by atoms with E-state index in [1.165, 1.54) is 24.3 Å². The third-order valence-electron chi connectivity index (χ3n) is 3.89. The van der Waals surface area contributed by atoms with Gasteiger partial charge in [0.2, 0.25) is 35.6 Å². The van der Waals surface area contributed by atoms with Crippen LogP contribution in [0.25, 0.3) is 0 Å². The third kappa shape index (κ3) is 4.14. The van der Waals surface area contributed by atoms with Gasteiger partial charge in [0.25, 0.3) is 0 Å². The van der Waals surface area contributed by atoms with E-state index in [1.54, 1.807) is 60.7 Å². The van der Waals surface area contributed by atoms with E-state index in [2.05, 4.69) is 20.0 Å². The third-order valence-corrected chi connectivity index (χ3v) is 3.89. The van der Waals surface area contributed by atoms with Gasteiger partial charge in [-0.15, -0.1) is 0 Å². The van der Waals surface area contributed by atoms with E-state index >= 15 is 0 Å². The Morgan fingerprint density at radius 1 is 0.556 bits per heavy atom. The molecular formula is C19H12N4O4. The van der Waals surface area contributed by atoms with Crippen LogP contribution < -0.4 is 0 Å². The van der Waals surface area contributed by atoms with Crippen molar-refractivity contribution in [2.75, 3.05) is 0 Å². The van der Waals surface area contributed by atoms with Gasteiger partial charge in [0.1, 0.15) is 0 Å². The Morgan fingerprint density at radius 3 is 1.11 bits per heavy atom. The molecule has 0 aliphatic rings. The van der Waals surface area contributed by atoms with Crippen molar-refractivity contribution in [3.8, 4) is 0 Å². The molecule has 2 rings (SSSR count). The van der Waals surface area contributed by atoms with Crippen molar-refractivity contribution in [1.82, 2.24) is 0 Å². The van der Waals surface area contributed by atoms with Crippen molar-refractivity contribution < 1.29 is 19.2 Å². The fraction of sp³-hybridized carbons (Fsp3) is 0.158. The largest absolute Gasteiger partial charge is 0.237 e. The van der Waals surface area contributed by atoms with Gasteiger partial charge in [-0.3, -0.25) is 0 Å². The van der Waals surface area contributed by atoms with Gasteiger partial charge in [-0.2, -0.15) is 20.0 Å². The number of aliphatic imine (C=N–C) groups is 4. The Bertz CT molecular complexity index is 863. The van der Waals surface area contributed by atoms with Gasteiger partial charge in [0.05, 0.1) is 6.42 Å². The lowest BCUT2D eigenvalue weighted by atomic mass is 9.85. The zero-order chi connectivity index (χ0) is 19.6. The predicted molar refractivity (Wildman–Crippen MR) is 93.3 cm³/mol. The van der Waals surface area contributed by atoms with E-state index in [4.69, 9.17) is 0 Å². The van der Waals surface area contributed by atoms with Gasteiger partial charge in [-0.05, 0) is 0 Å². The second-order valence-electron chi connectivity index (χ2n) is 5.35. The van der Waals surface area contributed by atoms with E-state index in [0.29, 0.717) is 11.1 Å². The van der Waals surface area contributed by atoms with Crippen molar-refractivity contribution in [3.63, 3.8) is 0 Å². The van der Waals surface area contributed by atoms with E-state index < -0.39 is 17.7 Å². The molecule has 8 nitrogen and oxygen atoms in total. The van der Waals surface area contributed by atoms with Gasteiger partial charge in [0.15, 0.2) is 0 Å². The number of benzene rings is 2. The Morgan fingerprint density at radius 2 is 0.852 bits per heavy atom. The summed E-state index contributed by atoms with van der Waals surface area (Å²) >= 11 is 0. The smallest absolute Gasteiger partial charge is 0.211 e. The highest BCUT2D eigenvalue weighted by Gasteiger charge is 2.45. The maximum absolute atomic E-state index is 11.1. The first-order valence-corrected chi connectivity index (χ1v) is 7.63. The van der Waals surface area contributed by atoms with Crippen LogP contribution >= 0.6 is 0 Å². The molecule has 0 heterocycles. The molecule has 2 aromatic carbocycles. The summed E-state index contributed by atoms with van der Waals surface area (Å²) in [6.07, 6.45) is 5.05. The molecule has 2 aromatic rings. The van der Waals surface area contributed by atoms with Gasteiger partial charge < -0.3 is 0 Å². The Kier molecular flexibility index (Phi) is 6.34. The summed E-state index contributed by atoms with van der Waals surface area (Å²) in [5, 5.41) is 0. The summed E-state index contributed by atoms with van der Waals surface area (Å²) in [5.41, 5.74) is -3.08. The van der Waals surface area contributed by atoms with Crippen molar-refractivity contribution in [2.45, 2.75) is 17.7 Å². The fourth-order valence-electron chi connectivity index (χ4n) is 2.73. The van der Waals surface area contributed by atoms with Crippen molar-refractivity contribution in [1.29, 1.82) is 0 Å². The minimum Gasteiger partial charge on any atom is -0.211 e. The summed E-state index contributed by atoms with van der Waals surface area (Å²) in [6, 6.07) is 16.2. The molecule has 0 aliphatic heterocycles. The molecule has 0 bridgehead atoms. The highest BCUT2D eigenvalue weighted by molar-refractivity contribution is 5.46. The van der Waals surface area contributed by atoms with Crippen molar-refractivity contribution in [2.24, 2.45) is 20.0 Å². The fourth-order valence-corrected chi connectivity index (χ4v) is 2.73. The molecule has 0 atom stereocenters. The molecule has 0 saturated heterocycles. The average Bonchev–Trinajstić information content (AvgIpc) is 2.70. The number of hydrogen-bond donors (Lipinski definition) is 0. The highest BCUT2D eigenvalue weighted by Crippen LogP contribution is 2.42. The van der Waals surface area contributed by atoms with Crippen LogP contribution in [0.1, 0.15) is 17.5 Å². The summed E-state index contributed by atoms with van der Waals surface area (Å²) in [5.74, 6) is 0. The second-order valence-corrected chi connectivity index (χ2v) is 5.35. The van der Waals surface area contributed by atoms with Crippen molar-refractivity contribution >= 4 is 24.3 Å². The lowest BCUT2D eigenvalue weighted by Crippen LogP contribution is -2.33. The van der Waals surface area contributed by atoms with Crippen LogP contribution in [0.5, 0.6) is 0 Å². The Hall–Kier alpha value is -4.04. The lowest BCUT2D eigenvalue weighted by molar-refractivity contribution is 0.299. The molecular weight excluding hydrogens is 348 g/mol. The molecule has 0 aliphatic carbocycles. The molecule has 0 N–H and O–H groups in total. The Labute approximate surface area is 153 Å². The molecule has 0 aromatic heterocycles. The molecule has 0 amide bonds. The quantitative estimate of drug-likeness (QED) is 0.530. The highest BCUT2D eigenvalue weighted by atomic mass is 16.1. The molecule has 0 fully saturated rings. The lowest BCUT2D eigenvalue weighted by Gasteiger charge is -2.31. The van der Waals surface area contributed by atoms with Crippen LogP contribution in [0, 0.1) is 0 Å². The molecule has 0 unspecified atom stereocenters. The SMILES string of the molecule is O=C=NC(CC(N=C=O)(N=C=O)c1ccccc1)(N=C=O)c1ccccc1. The number of carbonyl (C=O) groups excluding carboxylic acids is 4. The van der Waals surface area contributed by atoms with Crippen LogP contribution in [-0.4, -0.2) is 24.3 Å². The number of rotatable bonds is 8. The van der Waals surface area contributed by atoms with Crippen LogP contribution in [0.3, 0.4) is 0 Å². The van der Waals surface area contributed by atoms with Crippen LogP contribution in [0.15, 0.2) is 80.6 Å². The van der Waals surface area contributed by atoms with E-state index in [9.17, 15) is 19.2 Å². The first-order valence-electron chi connectivity index (χ1n) is 7.63. The first kappa shape index (κ1) is 19.3. The maximum atomic E-state index is 11.1. The van der Waals surface area contributed by atoms with Crippen LogP contribution in [0.4, 0.5) is 0 Å². The number of isocyanates is 4. The Balaban J connectivity index is 2.81. The molecule has 0 spiro atoms. The predicted octanol–water partition coefficient (Wildman–Crippen LogP) is 2.43. The summed E-state index contributed by atoms with van der Waals surface area (Å²) < 4.78 is 0. The monoisotopic (exact) mass is 360 g/mol. The minimum atomic E-state index is -1.86. The second kappa shape index (κ2) is 8.88. The van der Waals surface area contributed by atoms with E-state index in [-0.39, 0.29) is 0 Å². The summed E-state index contributed by atoms with van der Waals surface area (Å²) in [6.45, 7) is 0. The minimum absolute atomic E-state index is 0.319. The average molecular weight is 360 g/mol. The molecule has 132 valence electrons. The van der Waals surface area contributed by atoms with Gasteiger partial charge in [-0.25, -0.2) is 19.2 Å². The summed E-state index contributed by atoms with van der Waals surface area (Å²) in [4.78, 5) is 59.1. The van der Waals surface area contributed by atoms with Gasteiger partial charge >= 0.3 is 0 Å². The summed E-state index contributed by atoms with van der Waals surface area (Å²) in [7, 11) is 0. The zero-order valence-corrected chi connectivity index (χ0v) is 13.9. The van der Waals surface area contributed by atoms with E-state index in [0.717, 1.165) is 0 Å². The number of hydrogen-bond acceptors (Lipinski definition) is 8. The topological polar surface area (TPSA) is 118 Å². The molecule has 0 saturated carbocycles. The van der Waals surface area contributed by atoms with Gasteiger partial charge in [0, 0.05) is 11.1 Å². The van der Waals surface area contributed by atoms with Gasteiger partial charge in [-0.1, -0.05) is 60.7 Å².